The molecule has 0 saturated carbocycles. The average molecular weight is 500 g/mol. The van der Waals surface area contributed by atoms with E-state index in [1.807, 2.05) is 48.7 Å². The van der Waals surface area contributed by atoms with Gasteiger partial charge in [0.2, 0.25) is 0 Å². The van der Waals surface area contributed by atoms with E-state index in [0.29, 0.717) is 0 Å². The first-order valence-corrected chi connectivity index (χ1v) is 12.7. The molecule has 5 nitrogen and oxygen atoms in total. The van der Waals surface area contributed by atoms with Crippen LogP contribution in [0.15, 0.2) is 85.1 Å². The van der Waals surface area contributed by atoms with E-state index in [2.05, 4.69) is 57.1 Å². The number of para-hydroxylation sites is 1. The molecule has 3 heterocycles. The van der Waals surface area contributed by atoms with Crippen LogP contribution < -0.4 is 10.6 Å². The predicted octanol–water partition coefficient (Wildman–Crippen LogP) is 6.10. The molecule has 1 saturated heterocycles. The van der Waals surface area contributed by atoms with E-state index in [-0.39, 0.29) is 17.9 Å². The average Bonchev–Trinajstić information content (AvgIpc) is 3.37. The number of pyridine rings is 1. The van der Waals surface area contributed by atoms with Crippen molar-refractivity contribution in [1.82, 2.24) is 19.8 Å². The van der Waals surface area contributed by atoms with Crippen molar-refractivity contribution in [2.24, 2.45) is 0 Å². The second-order valence-corrected chi connectivity index (χ2v) is 9.49. The minimum absolute atomic E-state index is 0.0300. The van der Waals surface area contributed by atoms with Gasteiger partial charge in [-0.15, -0.1) is 0 Å². The maximum atomic E-state index is 14.1. The third kappa shape index (κ3) is 4.84. The molecule has 1 aliphatic rings. The van der Waals surface area contributed by atoms with Gasteiger partial charge in [0.25, 0.3) is 0 Å². The summed E-state index contributed by atoms with van der Waals surface area (Å²) in [6, 6.07) is 25.0. The molecule has 0 radical (unpaired) electrons. The van der Waals surface area contributed by atoms with Gasteiger partial charge in [-0.1, -0.05) is 30.3 Å². The summed E-state index contributed by atoms with van der Waals surface area (Å²) in [4.78, 5) is 6.93. The van der Waals surface area contributed by atoms with Gasteiger partial charge in [0.15, 0.2) is 5.11 Å². The molecule has 0 spiro atoms. The van der Waals surface area contributed by atoms with E-state index in [1.165, 1.54) is 6.07 Å². The van der Waals surface area contributed by atoms with E-state index in [4.69, 9.17) is 12.2 Å². The second kappa shape index (κ2) is 10.5. The quantitative estimate of drug-likeness (QED) is 0.226. The van der Waals surface area contributed by atoms with Crippen molar-refractivity contribution in [3.63, 3.8) is 0 Å². The fraction of sp³-hybridized carbons (Fsp3) is 0.241. The van der Waals surface area contributed by atoms with Crippen molar-refractivity contribution >= 4 is 23.0 Å². The summed E-state index contributed by atoms with van der Waals surface area (Å²) in [7, 11) is 0. The van der Waals surface area contributed by atoms with Gasteiger partial charge in [-0.05, 0) is 86.6 Å². The van der Waals surface area contributed by atoms with Crippen LogP contribution in [0.1, 0.15) is 41.1 Å². The second-order valence-electron chi connectivity index (χ2n) is 9.11. The molecule has 4 aromatic rings. The highest BCUT2D eigenvalue weighted by Crippen LogP contribution is 2.41. The molecule has 7 heteroatoms. The standard InChI is InChI=1S/C29H30FN5S/c1-20-18-25(21(2)35(20)24-13-8-10-22(30)19-24)28-27(26-14-6-7-15-32-26)33-29(36)34(28)17-9-16-31-23-11-4-3-5-12-23/h3-8,10-15,18-19,27-28,31H,9,16-17H2,1-2H3,(H,33,36)/t27-,28+/m0/s1. The number of hydrogen-bond donors (Lipinski definition) is 2. The van der Waals surface area contributed by atoms with Crippen LogP contribution >= 0.6 is 12.2 Å². The molecule has 0 unspecified atom stereocenters. The molecule has 2 N–H and O–H groups in total. The van der Waals surface area contributed by atoms with Gasteiger partial charge in [0.1, 0.15) is 5.82 Å². The van der Waals surface area contributed by atoms with Crippen molar-refractivity contribution in [3.8, 4) is 5.69 Å². The van der Waals surface area contributed by atoms with Gasteiger partial charge in [0.05, 0.1) is 17.8 Å². The van der Waals surface area contributed by atoms with Gasteiger partial charge in [-0.3, -0.25) is 4.98 Å². The first-order valence-electron chi connectivity index (χ1n) is 12.2. The molecule has 2 aromatic carbocycles. The lowest BCUT2D eigenvalue weighted by atomic mass is 9.96. The van der Waals surface area contributed by atoms with Crippen molar-refractivity contribution < 1.29 is 4.39 Å². The highest BCUT2D eigenvalue weighted by Gasteiger charge is 2.41. The zero-order valence-corrected chi connectivity index (χ0v) is 21.3. The van der Waals surface area contributed by atoms with Crippen molar-refractivity contribution in [3.05, 3.63) is 114 Å². The zero-order chi connectivity index (χ0) is 25.1. The molecule has 184 valence electrons. The Balaban J connectivity index is 1.46. The minimum Gasteiger partial charge on any atom is -0.385 e. The number of nitrogens with zero attached hydrogens (tertiary/aromatic N) is 3. The Hall–Kier alpha value is -3.71. The van der Waals surface area contributed by atoms with Crippen LogP contribution in [0.5, 0.6) is 0 Å². The summed E-state index contributed by atoms with van der Waals surface area (Å²) in [5.41, 5.74) is 6.17. The minimum atomic E-state index is -0.246. The van der Waals surface area contributed by atoms with Crippen molar-refractivity contribution in [2.45, 2.75) is 32.4 Å². The van der Waals surface area contributed by atoms with E-state index in [1.54, 1.807) is 12.1 Å². The first-order chi connectivity index (χ1) is 17.5. The Kier molecular flexibility index (Phi) is 7.00. The maximum Gasteiger partial charge on any atom is 0.170 e. The number of hydrogen-bond acceptors (Lipinski definition) is 3. The molecule has 0 aliphatic carbocycles. The van der Waals surface area contributed by atoms with Crippen molar-refractivity contribution in [2.75, 3.05) is 18.4 Å². The van der Waals surface area contributed by atoms with Crippen LogP contribution in [0, 0.1) is 19.7 Å². The normalized spacial score (nSPS) is 17.3. The molecular weight excluding hydrogens is 469 g/mol. The van der Waals surface area contributed by atoms with Gasteiger partial charge in [-0.2, -0.15) is 0 Å². The molecule has 0 bridgehead atoms. The zero-order valence-electron chi connectivity index (χ0n) is 20.5. The van der Waals surface area contributed by atoms with E-state index < -0.39 is 0 Å². The van der Waals surface area contributed by atoms with Gasteiger partial charge in [-0.25, -0.2) is 4.39 Å². The fourth-order valence-electron chi connectivity index (χ4n) is 5.12. The summed E-state index contributed by atoms with van der Waals surface area (Å²) in [5, 5.41) is 7.76. The number of halogens is 1. The predicted molar refractivity (Wildman–Crippen MR) is 147 cm³/mol. The summed E-state index contributed by atoms with van der Waals surface area (Å²) < 4.78 is 16.2. The molecule has 5 rings (SSSR count). The van der Waals surface area contributed by atoms with Gasteiger partial charge >= 0.3 is 0 Å². The molecule has 0 amide bonds. The maximum absolute atomic E-state index is 14.1. The molecular formula is C29H30FN5S. The number of thiocarbonyl (C=S) groups is 1. The lowest BCUT2D eigenvalue weighted by Crippen LogP contribution is -2.31. The molecule has 36 heavy (non-hydrogen) atoms. The Morgan fingerprint density at radius 2 is 1.81 bits per heavy atom. The highest BCUT2D eigenvalue weighted by molar-refractivity contribution is 7.80. The molecule has 2 atom stereocenters. The molecule has 1 aliphatic heterocycles. The SMILES string of the molecule is Cc1cc([C@@H]2[C@H](c3ccccn3)NC(=S)N2CCCNc2ccccc2)c(C)n1-c1cccc(F)c1. The van der Waals surface area contributed by atoms with Crippen LogP contribution in [0.4, 0.5) is 10.1 Å². The highest BCUT2D eigenvalue weighted by atomic mass is 32.1. The number of anilines is 1. The number of aryl methyl sites for hydroxylation is 1. The van der Waals surface area contributed by atoms with Crippen LogP contribution in [0.25, 0.3) is 5.69 Å². The molecule has 1 fully saturated rings. The van der Waals surface area contributed by atoms with Gasteiger partial charge in [0, 0.05) is 42.0 Å². The van der Waals surface area contributed by atoms with E-state index in [9.17, 15) is 4.39 Å². The largest absolute Gasteiger partial charge is 0.385 e. The number of benzene rings is 2. The van der Waals surface area contributed by atoms with Crippen LogP contribution in [0.3, 0.4) is 0 Å². The third-order valence-corrected chi connectivity index (χ3v) is 7.08. The fourth-order valence-corrected chi connectivity index (χ4v) is 5.45. The van der Waals surface area contributed by atoms with Crippen molar-refractivity contribution in [1.29, 1.82) is 0 Å². The Morgan fingerprint density at radius 3 is 2.56 bits per heavy atom. The van der Waals surface area contributed by atoms with Crippen LogP contribution in [-0.2, 0) is 0 Å². The monoisotopic (exact) mass is 499 g/mol. The number of aromatic nitrogens is 2. The van der Waals surface area contributed by atoms with Crippen LogP contribution in [-0.4, -0.2) is 32.7 Å². The first kappa shape index (κ1) is 24.0. The third-order valence-electron chi connectivity index (χ3n) is 6.73. The van der Waals surface area contributed by atoms with Gasteiger partial charge < -0.3 is 20.1 Å². The lowest BCUT2D eigenvalue weighted by molar-refractivity contribution is 0.315. The topological polar surface area (TPSA) is 45.1 Å². The smallest absolute Gasteiger partial charge is 0.170 e. The van der Waals surface area contributed by atoms with Crippen LogP contribution in [0.2, 0.25) is 0 Å². The van der Waals surface area contributed by atoms with E-state index >= 15 is 0 Å². The summed E-state index contributed by atoms with van der Waals surface area (Å²) >= 11 is 5.84. The Morgan fingerprint density at radius 1 is 1.00 bits per heavy atom. The number of rotatable bonds is 8. The molecule has 2 aromatic heterocycles. The van der Waals surface area contributed by atoms with E-state index in [0.717, 1.165) is 58.6 Å². The lowest BCUT2D eigenvalue weighted by Gasteiger charge is -2.28. The summed E-state index contributed by atoms with van der Waals surface area (Å²) in [5.74, 6) is -0.246. The Labute approximate surface area is 217 Å². The summed E-state index contributed by atoms with van der Waals surface area (Å²) in [6.07, 6.45) is 2.74. The number of nitrogens with one attached hydrogen (secondary N) is 2. The Bertz CT molecular complexity index is 1340. The summed E-state index contributed by atoms with van der Waals surface area (Å²) in [6.45, 7) is 5.79.